The highest BCUT2D eigenvalue weighted by Crippen LogP contribution is 2.58. The van der Waals surface area contributed by atoms with E-state index in [0.29, 0.717) is 12.0 Å². The lowest BCUT2D eigenvalue weighted by molar-refractivity contribution is -0.128. The van der Waals surface area contributed by atoms with Gasteiger partial charge in [0.1, 0.15) is 6.17 Å². The van der Waals surface area contributed by atoms with Gasteiger partial charge in [-0.3, -0.25) is 4.79 Å². The second-order valence-corrected chi connectivity index (χ2v) is 12.3. The molecule has 1 aromatic rings. The van der Waals surface area contributed by atoms with E-state index in [1.165, 1.54) is 31.2 Å². The molecule has 10 heteroatoms. The Bertz CT molecular complexity index is 1060. The summed E-state index contributed by atoms with van der Waals surface area (Å²) in [5, 5.41) is 18.5. The van der Waals surface area contributed by atoms with Crippen molar-refractivity contribution in [3.05, 3.63) is 24.3 Å². The number of hydrogen-bond acceptors (Lipinski definition) is 7. The van der Waals surface area contributed by atoms with Gasteiger partial charge in [-0.2, -0.15) is 5.26 Å². The largest absolute Gasteiger partial charge is 0.368 e. The summed E-state index contributed by atoms with van der Waals surface area (Å²) in [7, 11) is -0.488. The SMILES string of the molecule is CN(C)S(=O)(=O)c1ccc(NC2NN([C@H]3CCC4(CC4)C[C@@H]3C#N)C3CCNC(=O)C23)cc1. The lowest BCUT2D eigenvalue weighted by Crippen LogP contribution is -2.54. The molecule has 2 heterocycles. The molecule has 3 N–H and O–H groups in total. The Hall–Kier alpha value is -2.19. The summed E-state index contributed by atoms with van der Waals surface area (Å²) in [4.78, 5) is 13.1. The molecule has 5 rings (SSSR count). The number of nitriles is 1. The van der Waals surface area contributed by atoms with Crippen molar-refractivity contribution >= 4 is 21.6 Å². The third-order valence-corrected chi connectivity index (χ3v) is 9.81. The minimum atomic E-state index is -3.50. The van der Waals surface area contributed by atoms with Gasteiger partial charge >= 0.3 is 0 Å². The first kappa shape index (κ1) is 22.6. The number of rotatable bonds is 5. The average molecular weight is 473 g/mol. The van der Waals surface area contributed by atoms with Crippen molar-refractivity contribution in [3.8, 4) is 6.07 Å². The number of hydrazine groups is 1. The van der Waals surface area contributed by atoms with Gasteiger partial charge in [0.2, 0.25) is 15.9 Å². The number of hydrogen-bond donors (Lipinski definition) is 3. The zero-order valence-corrected chi connectivity index (χ0v) is 19.9. The summed E-state index contributed by atoms with van der Waals surface area (Å²) in [6.07, 6.45) is 6.06. The van der Waals surface area contributed by atoms with Crippen LogP contribution in [0.1, 0.15) is 38.5 Å². The number of carbonyl (C=O) groups is 1. The summed E-state index contributed by atoms with van der Waals surface area (Å²) in [6.45, 7) is 0.635. The molecule has 9 nitrogen and oxygen atoms in total. The number of piperidine rings is 1. The van der Waals surface area contributed by atoms with Crippen molar-refractivity contribution in [1.82, 2.24) is 20.1 Å². The highest BCUT2D eigenvalue weighted by Gasteiger charge is 2.55. The molecule has 3 unspecified atom stereocenters. The Morgan fingerprint density at radius 2 is 1.88 bits per heavy atom. The maximum absolute atomic E-state index is 12.9. The molecular weight excluding hydrogens is 440 g/mol. The lowest BCUT2D eigenvalue weighted by Gasteiger charge is -2.41. The molecule has 33 heavy (non-hydrogen) atoms. The van der Waals surface area contributed by atoms with E-state index < -0.39 is 10.0 Å². The standard InChI is InChI=1S/C23H32N6O3S/c1-28(2)33(31,32)17-5-3-16(4-6-17)26-21-20-19(8-12-25-22(20)30)29(27-21)18-7-9-23(10-11-23)13-15(18)14-24/h3-6,15,18-21,26-27H,7-13H2,1-2H3,(H,25,30)/t15-,18+,19?,20?,21?/m1/s1. The number of nitrogens with zero attached hydrogens (tertiary/aromatic N) is 3. The van der Waals surface area contributed by atoms with E-state index in [-0.39, 0.29) is 40.9 Å². The monoisotopic (exact) mass is 472 g/mol. The van der Waals surface area contributed by atoms with Gasteiger partial charge in [-0.05, 0) is 68.2 Å². The number of benzene rings is 1. The van der Waals surface area contributed by atoms with Crippen LogP contribution in [0.4, 0.5) is 5.69 Å². The van der Waals surface area contributed by atoms with Crippen LogP contribution in [-0.4, -0.2) is 62.5 Å². The Labute approximate surface area is 195 Å². The highest BCUT2D eigenvalue weighted by atomic mass is 32.2. The van der Waals surface area contributed by atoms with Crippen molar-refractivity contribution in [2.75, 3.05) is 26.0 Å². The van der Waals surface area contributed by atoms with Crippen molar-refractivity contribution in [1.29, 1.82) is 5.26 Å². The van der Waals surface area contributed by atoms with Gasteiger partial charge in [0.25, 0.3) is 0 Å². The van der Waals surface area contributed by atoms with E-state index in [0.717, 1.165) is 31.4 Å². The fourth-order valence-corrected chi connectivity index (χ4v) is 6.77. The van der Waals surface area contributed by atoms with Gasteiger partial charge < -0.3 is 10.6 Å². The lowest BCUT2D eigenvalue weighted by atomic mass is 9.75. The van der Waals surface area contributed by atoms with E-state index in [2.05, 4.69) is 27.1 Å². The topological polar surface area (TPSA) is 118 Å². The highest BCUT2D eigenvalue weighted by molar-refractivity contribution is 7.89. The van der Waals surface area contributed by atoms with Crippen LogP contribution in [0.25, 0.3) is 0 Å². The van der Waals surface area contributed by atoms with E-state index in [1.807, 2.05) is 0 Å². The molecule has 4 aliphatic rings. The molecule has 0 bridgehead atoms. The number of carbonyl (C=O) groups excluding carboxylic acids is 1. The summed E-state index contributed by atoms with van der Waals surface area (Å²) in [5.41, 5.74) is 4.67. The van der Waals surface area contributed by atoms with Crippen LogP contribution < -0.4 is 16.1 Å². The molecule has 178 valence electrons. The number of fused-ring (bicyclic) bond motifs is 1. The fourth-order valence-electron chi connectivity index (χ4n) is 5.87. The van der Waals surface area contributed by atoms with Crippen LogP contribution in [0.2, 0.25) is 0 Å². The van der Waals surface area contributed by atoms with Crippen molar-refractivity contribution in [2.45, 2.75) is 61.7 Å². The molecule has 1 spiro atoms. The van der Waals surface area contributed by atoms with Crippen LogP contribution in [0.5, 0.6) is 0 Å². The van der Waals surface area contributed by atoms with E-state index in [9.17, 15) is 18.5 Å². The minimum absolute atomic E-state index is 0.00790. The smallest absolute Gasteiger partial charge is 0.242 e. The fraction of sp³-hybridized carbons (Fsp3) is 0.652. The van der Waals surface area contributed by atoms with Crippen LogP contribution in [0.15, 0.2) is 29.2 Å². The Kier molecular flexibility index (Phi) is 5.64. The van der Waals surface area contributed by atoms with E-state index in [4.69, 9.17) is 0 Å². The summed E-state index contributed by atoms with van der Waals surface area (Å²) in [5.74, 6) is -0.317. The van der Waals surface area contributed by atoms with E-state index >= 15 is 0 Å². The maximum Gasteiger partial charge on any atom is 0.242 e. The normalized spacial score (nSPS) is 33.4. The van der Waals surface area contributed by atoms with E-state index in [1.54, 1.807) is 24.3 Å². The van der Waals surface area contributed by atoms with Crippen LogP contribution in [-0.2, 0) is 14.8 Å². The molecule has 0 radical (unpaired) electrons. The Morgan fingerprint density at radius 1 is 1.15 bits per heavy atom. The summed E-state index contributed by atoms with van der Waals surface area (Å²) >= 11 is 0. The maximum atomic E-state index is 12.9. The molecule has 5 atom stereocenters. The van der Waals surface area contributed by atoms with Crippen LogP contribution in [0.3, 0.4) is 0 Å². The molecule has 2 saturated heterocycles. The molecule has 2 saturated carbocycles. The van der Waals surface area contributed by atoms with Gasteiger partial charge in [-0.1, -0.05) is 0 Å². The number of nitrogens with one attached hydrogen (secondary N) is 3. The predicted molar refractivity (Wildman–Crippen MR) is 123 cm³/mol. The third kappa shape index (κ3) is 4.01. The molecule has 4 fully saturated rings. The first-order valence-corrected chi connectivity index (χ1v) is 13.2. The van der Waals surface area contributed by atoms with Gasteiger partial charge in [0.05, 0.1) is 22.8 Å². The number of amides is 1. The number of anilines is 1. The van der Waals surface area contributed by atoms with Crippen LogP contribution >= 0.6 is 0 Å². The molecule has 2 aliphatic heterocycles. The quantitative estimate of drug-likeness (QED) is 0.594. The third-order valence-electron chi connectivity index (χ3n) is 7.98. The van der Waals surface area contributed by atoms with Gasteiger partial charge in [-0.25, -0.2) is 23.2 Å². The number of sulfonamides is 1. The Balaban J connectivity index is 1.36. The second-order valence-electron chi connectivity index (χ2n) is 10.2. The Morgan fingerprint density at radius 3 is 2.52 bits per heavy atom. The van der Waals surface area contributed by atoms with Crippen molar-refractivity contribution in [3.63, 3.8) is 0 Å². The van der Waals surface area contributed by atoms with Gasteiger partial charge in [0.15, 0.2) is 0 Å². The first-order chi connectivity index (χ1) is 15.7. The minimum Gasteiger partial charge on any atom is -0.368 e. The zero-order chi connectivity index (χ0) is 23.4. The average Bonchev–Trinajstić information content (AvgIpc) is 3.45. The van der Waals surface area contributed by atoms with Crippen molar-refractivity contribution < 1.29 is 13.2 Å². The molecular formula is C23H32N6O3S. The molecule has 1 aromatic carbocycles. The molecule has 2 aliphatic carbocycles. The predicted octanol–water partition coefficient (Wildman–Crippen LogP) is 1.47. The zero-order valence-electron chi connectivity index (χ0n) is 19.1. The molecule has 0 aromatic heterocycles. The summed E-state index contributed by atoms with van der Waals surface area (Å²) in [6, 6.07) is 9.29. The van der Waals surface area contributed by atoms with Crippen molar-refractivity contribution in [2.24, 2.45) is 17.3 Å². The summed E-state index contributed by atoms with van der Waals surface area (Å²) < 4.78 is 25.9. The second kappa shape index (κ2) is 8.24. The first-order valence-electron chi connectivity index (χ1n) is 11.8. The van der Waals surface area contributed by atoms with Gasteiger partial charge in [0, 0.05) is 38.4 Å². The molecule has 1 amide bonds. The van der Waals surface area contributed by atoms with Crippen LogP contribution in [0, 0.1) is 28.6 Å². The van der Waals surface area contributed by atoms with Gasteiger partial charge in [-0.15, -0.1) is 0 Å².